The lowest BCUT2D eigenvalue weighted by Crippen LogP contribution is -2.13. The molecule has 1 N–H and O–H groups in total. The molecule has 0 saturated carbocycles. The standard InChI is InChI=1S/C17H20BrNO/c1-13(2)20-16-8-5-6-14(10-16)11-19-12-15-7-3-4-9-17(15)18/h3-10,13,19H,11-12H2,1-2H3. The second-order valence-electron chi connectivity index (χ2n) is 5.01. The molecule has 0 aliphatic rings. The van der Waals surface area contributed by atoms with Crippen molar-refractivity contribution in [3.05, 3.63) is 64.1 Å². The van der Waals surface area contributed by atoms with Gasteiger partial charge in [-0.15, -0.1) is 0 Å². The summed E-state index contributed by atoms with van der Waals surface area (Å²) in [6.45, 7) is 5.75. The van der Waals surface area contributed by atoms with Crippen molar-refractivity contribution in [2.45, 2.75) is 33.0 Å². The first-order valence-electron chi connectivity index (χ1n) is 6.85. The van der Waals surface area contributed by atoms with Crippen LogP contribution in [0.25, 0.3) is 0 Å². The van der Waals surface area contributed by atoms with Crippen LogP contribution in [-0.2, 0) is 13.1 Å². The highest BCUT2D eigenvalue weighted by Gasteiger charge is 2.01. The van der Waals surface area contributed by atoms with Crippen LogP contribution in [0.2, 0.25) is 0 Å². The average Bonchev–Trinajstić information content (AvgIpc) is 2.41. The van der Waals surface area contributed by atoms with E-state index in [1.54, 1.807) is 0 Å². The van der Waals surface area contributed by atoms with Crippen molar-refractivity contribution >= 4 is 15.9 Å². The molecule has 2 aromatic rings. The maximum atomic E-state index is 5.70. The Morgan fingerprint density at radius 2 is 1.85 bits per heavy atom. The van der Waals surface area contributed by atoms with E-state index in [0.29, 0.717) is 0 Å². The summed E-state index contributed by atoms with van der Waals surface area (Å²) in [7, 11) is 0. The van der Waals surface area contributed by atoms with Crippen molar-refractivity contribution in [2.75, 3.05) is 0 Å². The van der Waals surface area contributed by atoms with Gasteiger partial charge < -0.3 is 10.1 Å². The molecule has 20 heavy (non-hydrogen) atoms. The summed E-state index contributed by atoms with van der Waals surface area (Å²) in [5.41, 5.74) is 2.50. The van der Waals surface area contributed by atoms with Gasteiger partial charge in [0, 0.05) is 17.6 Å². The molecule has 0 aliphatic carbocycles. The van der Waals surface area contributed by atoms with Gasteiger partial charge in [-0.3, -0.25) is 0 Å². The molecule has 2 rings (SSSR count). The van der Waals surface area contributed by atoms with Gasteiger partial charge in [0.15, 0.2) is 0 Å². The third-order valence-electron chi connectivity index (χ3n) is 2.87. The Morgan fingerprint density at radius 3 is 2.60 bits per heavy atom. The Labute approximate surface area is 129 Å². The predicted octanol–water partition coefficient (Wildman–Crippen LogP) is 4.53. The minimum absolute atomic E-state index is 0.207. The molecular weight excluding hydrogens is 314 g/mol. The Kier molecular flexibility index (Phi) is 5.62. The molecule has 0 bridgehead atoms. The van der Waals surface area contributed by atoms with Crippen LogP contribution < -0.4 is 10.1 Å². The van der Waals surface area contributed by atoms with Crippen molar-refractivity contribution in [1.29, 1.82) is 0 Å². The van der Waals surface area contributed by atoms with Gasteiger partial charge in [0.25, 0.3) is 0 Å². The first-order valence-corrected chi connectivity index (χ1v) is 7.64. The topological polar surface area (TPSA) is 21.3 Å². The summed E-state index contributed by atoms with van der Waals surface area (Å²) in [6, 6.07) is 16.5. The fourth-order valence-corrected chi connectivity index (χ4v) is 2.41. The summed E-state index contributed by atoms with van der Waals surface area (Å²) in [5, 5.41) is 3.45. The Hall–Kier alpha value is -1.32. The van der Waals surface area contributed by atoms with Gasteiger partial charge in [0.05, 0.1) is 6.10 Å². The predicted molar refractivity (Wildman–Crippen MR) is 86.9 cm³/mol. The van der Waals surface area contributed by atoms with Crippen LogP contribution in [0.15, 0.2) is 53.0 Å². The number of hydrogen-bond acceptors (Lipinski definition) is 2. The minimum Gasteiger partial charge on any atom is -0.491 e. The van der Waals surface area contributed by atoms with E-state index in [4.69, 9.17) is 4.74 Å². The van der Waals surface area contributed by atoms with Crippen molar-refractivity contribution in [3.63, 3.8) is 0 Å². The van der Waals surface area contributed by atoms with Crippen molar-refractivity contribution in [3.8, 4) is 5.75 Å². The Morgan fingerprint density at radius 1 is 1.05 bits per heavy atom. The van der Waals surface area contributed by atoms with E-state index in [2.05, 4.69) is 51.6 Å². The molecule has 106 valence electrons. The van der Waals surface area contributed by atoms with Crippen molar-refractivity contribution < 1.29 is 4.74 Å². The van der Waals surface area contributed by atoms with Gasteiger partial charge in [-0.1, -0.05) is 46.3 Å². The molecule has 0 aromatic heterocycles. The van der Waals surface area contributed by atoms with Gasteiger partial charge in [0.1, 0.15) is 5.75 Å². The zero-order valence-electron chi connectivity index (χ0n) is 11.9. The average molecular weight is 334 g/mol. The molecule has 0 unspecified atom stereocenters. The molecule has 0 amide bonds. The van der Waals surface area contributed by atoms with Crippen molar-refractivity contribution in [2.24, 2.45) is 0 Å². The monoisotopic (exact) mass is 333 g/mol. The van der Waals surface area contributed by atoms with Crippen LogP contribution in [0.5, 0.6) is 5.75 Å². The quantitative estimate of drug-likeness (QED) is 0.838. The van der Waals surface area contributed by atoms with E-state index in [1.165, 1.54) is 11.1 Å². The smallest absolute Gasteiger partial charge is 0.120 e. The van der Waals surface area contributed by atoms with Crippen LogP contribution in [0.3, 0.4) is 0 Å². The Balaban J connectivity index is 1.89. The fraction of sp³-hybridized carbons (Fsp3) is 0.294. The van der Waals surface area contributed by atoms with E-state index in [-0.39, 0.29) is 6.10 Å². The van der Waals surface area contributed by atoms with Crippen LogP contribution >= 0.6 is 15.9 Å². The molecular formula is C17H20BrNO. The number of benzene rings is 2. The van der Waals surface area contributed by atoms with Crippen LogP contribution in [-0.4, -0.2) is 6.10 Å². The van der Waals surface area contributed by atoms with Gasteiger partial charge in [-0.2, -0.15) is 0 Å². The summed E-state index contributed by atoms with van der Waals surface area (Å²) in [5.74, 6) is 0.931. The third-order valence-corrected chi connectivity index (χ3v) is 3.65. The molecule has 0 fully saturated rings. The molecule has 2 nitrogen and oxygen atoms in total. The lowest BCUT2D eigenvalue weighted by Gasteiger charge is -2.11. The largest absolute Gasteiger partial charge is 0.491 e. The summed E-state index contributed by atoms with van der Waals surface area (Å²) in [6.07, 6.45) is 0.207. The third kappa shape index (κ3) is 4.66. The summed E-state index contributed by atoms with van der Waals surface area (Å²) >= 11 is 3.56. The zero-order chi connectivity index (χ0) is 14.4. The second-order valence-corrected chi connectivity index (χ2v) is 5.86. The first kappa shape index (κ1) is 15.1. The van der Waals surface area contributed by atoms with E-state index in [0.717, 1.165) is 23.3 Å². The van der Waals surface area contributed by atoms with Gasteiger partial charge >= 0.3 is 0 Å². The number of halogens is 1. The summed E-state index contributed by atoms with van der Waals surface area (Å²) in [4.78, 5) is 0. The SMILES string of the molecule is CC(C)Oc1cccc(CNCc2ccccc2Br)c1. The molecule has 0 atom stereocenters. The van der Waals surface area contributed by atoms with Gasteiger partial charge in [-0.25, -0.2) is 0 Å². The maximum Gasteiger partial charge on any atom is 0.120 e. The molecule has 0 spiro atoms. The van der Waals surface area contributed by atoms with E-state index in [1.807, 2.05) is 32.0 Å². The number of hydrogen-bond donors (Lipinski definition) is 1. The molecule has 0 heterocycles. The number of ether oxygens (including phenoxy) is 1. The molecule has 0 radical (unpaired) electrons. The lowest BCUT2D eigenvalue weighted by atomic mass is 10.2. The second kappa shape index (κ2) is 7.46. The fourth-order valence-electron chi connectivity index (χ4n) is 1.98. The molecule has 0 aliphatic heterocycles. The zero-order valence-corrected chi connectivity index (χ0v) is 13.5. The normalized spacial score (nSPS) is 10.8. The maximum absolute atomic E-state index is 5.70. The highest BCUT2D eigenvalue weighted by Crippen LogP contribution is 2.17. The van der Waals surface area contributed by atoms with E-state index >= 15 is 0 Å². The lowest BCUT2D eigenvalue weighted by molar-refractivity contribution is 0.242. The van der Waals surface area contributed by atoms with E-state index in [9.17, 15) is 0 Å². The molecule has 3 heteroatoms. The number of nitrogens with one attached hydrogen (secondary N) is 1. The van der Waals surface area contributed by atoms with E-state index < -0.39 is 0 Å². The molecule has 2 aromatic carbocycles. The van der Waals surface area contributed by atoms with Crippen molar-refractivity contribution in [1.82, 2.24) is 5.32 Å². The highest BCUT2D eigenvalue weighted by atomic mass is 79.9. The highest BCUT2D eigenvalue weighted by molar-refractivity contribution is 9.10. The van der Waals surface area contributed by atoms with Crippen LogP contribution in [0.1, 0.15) is 25.0 Å². The van der Waals surface area contributed by atoms with Crippen LogP contribution in [0.4, 0.5) is 0 Å². The van der Waals surface area contributed by atoms with Gasteiger partial charge in [-0.05, 0) is 43.2 Å². The Bertz CT molecular complexity index is 554. The first-order chi connectivity index (χ1) is 9.65. The van der Waals surface area contributed by atoms with Gasteiger partial charge in [0.2, 0.25) is 0 Å². The summed E-state index contributed by atoms with van der Waals surface area (Å²) < 4.78 is 6.85. The number of rotatable bonds is 6. The molecule has 0 saturated heterocycles. The van der Waals surface area contributed by atoms with Crippen LogP contribution in [0, 0.1) is 0 Å². The minimum atomic E-state index is 0.207.